The first-order valence-electron chi connectivity index (χ1n) is 14.2. The number of pyridine rings is 1. The first-order valence-corrected chi connectivity index (χ1v) is 15.3. The molecule has 6 rings (SSSR count). The van der Waals surface area contributed by atoms with Crippen molar-refractivity contribution in [3.63, 3.8) is 0 Å². The number of ether oxygens (including phenoxy) is 1. The molecular weight excluding hydrogens is 582 g/mol. The van der Waals surface area contributed by atoms with E-state index in [-0.39, 0.29) is 18.0 Å². The average Bonchev–Trinajstić information content (AvgIpc) is 3.37. The Hall–Kier alpha value is -4.34. The van der Waals surface area contributed by atoms with Crippen LogP contribution in [-0.2, 0) is 0 Å². The summed E-state index contributed by atoms with van der Waals surface area (Å²) in [7, 11) is 0. The normalized spacial score (nSPS) is 16.1. The number of nitrogens with one attached hydrogen (secondary N) is 2. The second-order valence-corrected chi connectivity index (χ2v) is 12.3. The van der Waals surface area contributed by atoms with Crippen LogP contribution in [0.3, 0.4) is 0 Å². The number of carbonyl (C=O) groups is 2. The molecule has 3 amide bonds. The van der Waals surface area contributed by atoms with Crippen molar-refractivity contribution in [1.82, 2.24) is 15.2 Å². The van der Waals surface area contributed by atoms with Gasteiger partial charge in [-0.2, -0.15) is 0 Å². The van der Waals surface area contributed by atoms with Crippen LogP contribution in [0.15, 0.2) is 83.7 Å². The van der Waals surface area contributed by atoms with Gasteiger partial charge in [-0.1, -0.05) is 42.0 Å². The largest absolute Gasteiger partial charge is 0.457 e. The summed E-state index contributed by atoms with van der Waals surface area (Å²) in [4.78, 5) is 36.7. The molecule has 2 aliphatic heterocycles. The van der Waals surface area contributed by atoms with Gasteiger partial charge in [-0.25, -0.2) is 9.78 Å². The van der Waals surface area contributed by atoms with Crippen LogP contribution in [0.4, 0.5) is 21.9 Å². The van der Waals surface area contributed by atoms with Crippen molar-refractivity contribution in [3.05, 3.63) is 94.1 Å². The van der Waals surface area contributed by atoms with Crippen molar-refractivity contribution in [2.45, 2.75) is 39.7 Å². The van der Waals surface area contributed by atoms with Crippen LogP contribution in [-0.4, -0.2) is 41.0 Å². The molecule has 8 nitrogen and oxygen atoms in total. The summed E-state index contributed by atoms with van der Waals surface area (Å²) in [5.41, 5.74) is 4.52. The van der Waals surface area contributed by atoms with Crippen LogP contribution in [0.1, 0.15) is 41.9 Å². The molecule has 2 aliphatic rings. The molecular formula is C33H32ClN5O3S. The number of halogens is 1. The van der Waals surface area contributed by atoms with Gasteiger partial charge in [0.25, 0.3) is 5.91 Å². The number of nitrogens with zero attached hydrogens (tertiary/aromatic N) is 3. The molecule has 43 heavy (non-hydrogen) atoms. The summed E-state index contributed by atoms with van der Waals surface area (Å²) >= 11 is 7.75. The number of likely N-dealkylation sites (tertiary alicyclic amines) is 1. The van der Waals surface area contributed by atoms with E-state index < -0.39 is 0 Å². The van der Waals surface area contributed by atoms with Crippen LogP contribution >= 0.6 is 22.9 Å². The van der Waals surface area contributed by atoms with Crippen LogP contribution in [0.5, 0.6) is 11.5 Å². The second kappa shape index (κ2) is 11.7. The molecule has 2 N–H and O–H groups in total. The molecule has 0 spiro atoms. The number of aromatic nitrogens is 1. The maximum absolute atomic E-state index is 13.6. The lowest BCUT2D eigenvalue weighted by Crippen LogP contribution is -2.47. The number of aryl methyl sites for hydroxylation is 1. The molecule has 0 saturated carbocycles. The number of anilines is 3. The number of para-hydroxylation sites is 1. The summed E-state index contributed by atoms with van der Waals surface area (Å²) in [5, 5.41) is 7.57. The fraction of sp³-hybridized carbons (Fsp3) is 0.242. The lowest BCUT2D eigenvalue weighted by atomic mass is 10.0. The minimum absolute atomic E-state index is 0.0838. The van der Waals surface area contributed by atoms with Gasteiger partial charge < -0.3 is 20.3 Å². The molecule has 4 aromatic rings. The number of rotatable bonds is 7. The lowest BCUT2D eigenvalue weighted by molar-refractivity contribution is 0.0919. The Balaban J connectivity index is 1.26. The molecule has 2 aromatic carbocycles. The lowest BCUT2D eigenvalue weighted by Gasteiger charge is -2.36. The Labute approximate surface area is 259 Å². The Morgan fingerprint density at radius 2 is 1.93 bits per heavy atom. The van der Waals surface area contributed by atoms with Crippen molar-refractivity contribution in [3.8, 4) is 11.5 Å². The van der Waals surface area contributed by atoms with E-state index in [1.807, 2.05) is 75.4 Å². The number of thiophene rings is 1. The molecule has 220 valence electrons. The Morgan fingerprint density at radius 1 is 1.14 bits per heavy atom. The zero-order valence-corrected chi connectivity index (χ0v) is 25.8. The zero-order valence-electron chi connectivity index (χ0n) is 24.2. The van der Waals surface area contributed by atoms with Crippen molar-refractivity contribution in [2.24, 2.45) is 0 Å². The molecule has 1 saturated heterocycles. The van der Waals surface area contributed by atoms with Gasteiger partial charge in [0.15, 0.2) is 0 Å². The molecule has 2 aromatic heterocycles. The Bertz CT molecular complexity index is 1780. The second-order valence-electron chi connectivity index (χ2n) is 11.0. The van der Waals surface area contributed by atoms with E-state index in [9.17, 15) is 9.59 Å². The number of hydrogen-bond donors (Lipinski definition) is 2. The highest BCUT2D eigenvalue weighted by Gasteiger charge is 2.34. The standard InChI is InChI=1S/C33H32ClN5O3S/c1-19(2)28(34)21(4)38-16-8-9-22(18-38)36-31(40)30-29-27-26(14-15-35-32(27)43-30)39(33(41)37-29)25-13-12-24(17-20(25)3)42-23-10-6-5-7-11-23/h5-7,10-15,17,22H,4,8-9,16,18H2,1-3H3,(H,36,40)(H,37,41)/t22-/m1/s1. The quantitative estimate of drug-likeness (QED) is 0.205. The number of urea groups is 1. The summed E-state index contributed by atoms with van der Waals surface area (Å²) in [6, 6.07) is 16.5. The maximum Gasteiger partial charge on any atom is 0.331 e. The van der Waals surface area contributed by atoms with Gasteiger partial charge in [0.1, 0.15) is 21.2 Å². The van der Waals surface area contributed by atoms with Gasteiger partial charge in [-0.15, -0.1) is 11.3 Å². The fourth-order valence-corrected chi connectivity index (χ4v) is 6.71. The summed E-state index contributed by atoms with van der Waals surface area (Å²) in [6.45, 7) is 11.5. The van der Waals surface area contributed by atoms with Crippen LogP contribution in [0.25, 0.3) is 10.2 Å². The third kappa shape index (κ3) is 5.58. The molecule has 0 unspecified atom stereocenters. The fourth-order valence-electron chi connectivity index (χ4n) is 5.57. The van der Waals surface area contributed by atoms with Gasteiger partial charge in [-0.05, 0) is 75.6 Å². The molecule has 4 heterocycles. The van der Waals surface area contributed by atoms with Crippen molar-refractivity contribution < 1.29 is 14.3 Å². The van der Waals surface area contributed by atoms with Crippen LogP contribution in [0.2, 0.25) is 0 Å². The summed E-state index contributed by atoms with van der Waals surface area (Å²) in [5.74, 6) is 1.17. The van der Waals surface area contributed by atoms with Gasteiger partial charge in [0.2, 0.25) is 0 Å². The van der Waals surface area contributed by atoms with E-state index in [0.717, 1.165) is 47.4 Å². The van der Waals surface area contributed by atoms with Gasteiger partial charge in [0, 0.05) is 31.0 Å². The predicted octanol–water partition coefficient (Wildman–Crippen LogP) is 8.32. The minimum Gasteiger partial charge on any atom is -0.457 e. The number of carbonyl (C=O) groups excluding carboxylic acids is 2. The number of piperidine rings is 1. The monoisotopic (exact) mass is 613 g/mol. The first-order chi connectivity index (χ1) is 20.7. The summed E-state index contributed by atoms with van der Waals surface area (Å²) < 4.78 is 5.99. The van der Waals surface area contributed by atoms with Crippen molar-refractivity contribution in [2.75, 3.05) is 23.3 Å². The van der Waals surface area contributed by atoms with E-state index in [4.69, 9.17) is 16.3 Å². The minimum atomic E-state index is -0.344. The van der Waals surface area contributed by atoms with Crippen LogP contribution < -0.4 is 20.3 Å². The van der Waals surface area contributed by atoms with Gasteiger partial charge in [-0.3, -0.25) is 9.69 Å². The third-order valence-electron chi connectivity index (χ3n) is 7.67. The van der Waals surface area contributed by atoms with Gasteiger partial charge in [0.05, 0.1) is 27.5 Å². The number of amides is 3. The maximum atomic E-state index is 13.6. The number of benzene rings is 2. The summed E-state index contributed by atoms with van der Waals surface area (Å²) in [6.07, 6.45) is 3.42. The van der Waals surface area contributed by atoms with Crippen molar-refractivity contribution >= 4 is 62.2 Å². The molecule has 0 bridgehead atoms. The smallest absolute Gasteiger partial charge is 0.331 e. The topological polar surface area (TPSA) is 86.8 Å². The Kier molecular flexibility index (Phi) is 7.85. The highest BCUT2D eigenvalue weighted by Crippen LogP contribution is 2.46. The van der Waals surface area contributed by atoms with E-state index in [1.165, 1.54) is 11.3 Å². The van der Waals surface area contributed by atoms with Crippen molar-refractivity contribution in [1.29, 1.82) is 0 Å². The first kappa shape index (κ1) is 28.8. The highest BCUT2D eigenvalue weighted by atomic mass is 35.5. The SMILES string of the molecule is C=C(C(Cl)=C(C)C)N1CCC[C@@H](NC(=O)c2sc3nccc4c3c2NC(=O)N4c2ccc(Oc3ccccc3)cc2C)C1. The third-order valence-corrected chi connectivity index (χ3v) is 9.36. The number of allylic oxidation sites excluding steroid dienone is 2. The molecule has 1 atom stereocenters. The molecule has 1 fully saturated rings. The van der Waals surface area contributed by atoms with E-state index in [0.29, 0.717) is 44.1 Å². The highest BCUT2D eigenvalue weighted by molar-refractivity contribution is 7.21. The number of hydrogen-bond acceptors (Lipinski definition) is 6. The van der Waals surface area contributed by atoms with E-state index in [2.05, 4.69) is 27.1 Å². The van der Waals surface area contributed by atoms with Crippen LogP contribution in [0, 0.1) is 6.92 Å². The molecule has 10 heteroatoms. The molecule has 0 aliphatic carbocycles. The van der Waals surface area contributed by atoms with E-state index in [1.54, 1.807) is 11.1 Å². The van der Waals surface area contributed by atoms with E-state index >= 15 is 0 Å². The van der Waals surface area contributed by atoms with Gasteiger partial charge >= 0.3 is 6.03 Å². The molecule has 0 radical (unpaired) electrons. The Morgan fingerprint density at radius 3 is 2.67 bits per heavy atom. The average molecular weight is 614 g/mol. The zero-order chi connectivity index (χ0) is 30.2. The predicted molar refractivity (Wildman–Crippen MR) is 174 cm³/mol.